The van der Waals surface area contributed by atoms with E-state index in [1.165, 1.54) is 47.2 Å². The van der Waals surface area contributed by atoms with E-state index < -0.39 is 7.82 Å². The summed E-state index contributed by atoms with van der Waals surface area (Å²) >= 11 is 1.19. The van der Waals surface area contributed by atoms with Gasteiger partial charge < -0.3 is 14.7 Å². The number of hydrogen-bond acceptors (Lipinski definition) is 1. The standard InChI is InChI=1S/C10H13.Na.H3O4P/c1-2-3-7-10-8-5-4-6-9-10;;1-5(2,3)4/h4-6,8H,2-3,7H2,1H3;;(H3,1,2,3,4). The molecule has 0 radical (unpaired) electrons. The third kappa shape index (κ3) is 10.8. The fourth-order valence-corrected chi connectivity index (χ4v) is 1.87. The Bertz CT molecular complexity index is 342. The molecule has 0 amide bonds. The molecule has 0 spiro atoms. The summed E-state index contributed by atoms with van der Waals surface area (Å²) in [7, 11) is -4.64. The molecule has 0 aliphatic heterocycles. The Labute approximate surface area is 113 Å². The summed E-state index contributed by atoms with van der Waals surface area (Å²) in [5, 5.41) is 0. The Morgan fingerprint density at radius 1 is 1.25 bits per heavy atom. The van der Waals surface area contributed by atoms with E-state index in [4.69, 9.17) is 19.2 Å². The van der Waals surface area contributed by atoms with Crippen molar-refractivity contribution in [2.24, 2.45) is 0 Å². The maximum Gasteiger partial charge on any atom is 0.466 e. The Kier molecular flexibility index (Phi) is 8.60. The van der Waals surface area contributed by atoms with Crippen LogP contribution >= 0.6 is 7.82 Å². The van der Waals surface area contributed by atoms with Crippen molar-refractivity contribution in [2.45, 2.75) is 26.2 Å². The molecule has 16 heavy (non-hydrogen) atoms. The van der Waals surface area contributed by atoms with Crippen molar-refractivity contribution in [2.75, 3.05) is 0 Å². The van der Waals surface area contributed by atoms with Crippen molar-refractivity contribution < 1.29 is 19.2 Å². The summed E-state index contributed by atoms with van der Waals surface area (Å²) in [5.41, 5.74) is 1.57. The van der Waals surface area contributed by atoms with Gasteiger partial charge in [0.05, 0.1) is 0 Å². The zero-order valence-corrected chi connectivity index (χ0v) is 12.5. The van der Waals surface area contributed by atoms with Gasteiger partial charge in [-0.05, 0) is 0 Å². The number of hydrogen-bond donors (Lipinski definition) is 3. The van der Waals surface area contributed by atoms with E-state index in [1.54, 1.807) is 8.38 Å². The van der Waals surface area contributed by atoms with E-state index in [-0.39, 0.29) is 0 Å². The summed E-state index contributed by atoms with van der Waals surface area (Å²) in [4.78, 5) is 21.6. The molecule has 4 nitrogen and oxygen atoms in total. The summed E-state index contributed by atoms with van der Waals surface area (Å²) < 4.78 is 10.5. The SMILES string of the molecule is CCCCc1cccc[c]1[Na].O=P(O)(O)O. The van der Waals surface area contributed by atoms with Gasteiger partial charge in [0.15, 0.2) is 0 Å². The average molecular weight is 254 g/mol. The van der Waals surface area contributed by atoms with Gasteiger partial charge in [0.2, 0.25) is 0 Å². The van der Waals surface area contributed by atoms with Gasteiger partial charge >= 0.3 is 94.6 Å². The number of phosphoric acid groups is 1. The van der Waals surface area contributed by atoms with Crippen molar-refractivity contribution in [3.8, 4) is 0 Å². The van der Waals surface area contributed by atoms with E-state index in [0.29, 0.717) is 0 Å². The van der Waals surface area contributed by atoms with Crippen LogP contribution in [-0.2, 0) is 11.0 Å². The van der Waals surface area contributed by atoms with Crippen LogP contribution < -0.4 is 2.81 Å². The molecule has 0 heterocycles. The first-order valence-corrected chi connectivity index (χ1v) is 7.74. The van der Waals surface area contributed by atoms with Gasteiger partial charge in [0.1, 0.15) is 0 Å². The Hall–Kier alpha value is 0.330. The van der Waals surface area contributed by atoms with E-state index in [1.807, 2.05) is 0 Å². The van der Waals surface area contributed by atoms with Crippen LogP contribution in [0, 0.1) is 0 Å². The predicted molar refractivity (Wildman–Crippen MR) is 64.7 cm³/mol. The molecule has 0 aliphatic rings. The normalized spacial score (nSPS) is 10.6. The first-order valence-electron chi connectivity index (χ1n) is 5.17. The van der Waals surface area contributed by atoms with Crippen LogP contribution in [0.4, 0.5) is 0 Å². The molecular weight excluding hydrogens is 238 g/mol. The molecule has 86 valence electrons. The molecule has 0 bridgehead atoms. The Balaban J connectivity index is 0.000000385. The smallest absolute Gasteiger partial charge is 0.303 e. The first-order chi connectivity index (χ1) is 7.34. The minimum absolute atomic E-state index is 1.19. The van der Waals surface area contributed by atoms with Crippen LogP contribution in [0.15, 0.2) is 24.3 Å². The summed E-state index contributed by atoms with van der Waals surface area (Å²) in [5.74, 6) is 0. The van der Waals surface area contributed by atoms with E-state index in [0.717, 1.165) is 0 Å². The second-order valence-electron chi connectivity index (χ2n) is 3.54. The van der Waals surface area contributed by atoms with Crippen molar-refractivity contribution in [1.82, 2.24) is 0 Å². The van der Waals surface area contributed by atoms with Gasteiger partial charge in [0, 0.05) is 0 Å². The third-order valence-corrected chi connectivity index (χ3v) is 3.04. The monoisotopic (exact) mass is 254 g/mol. The number of rotatable bonds is 3. The number of benzene rings is 1. The van der Waals surface area contributed by atoms with E-state index >= 15 is 0 Å². The molecular formula is C10H16NaO4P. The molecule has 0 saturated carbocycles. The van der Waals surface area contributed by atoms with E-state index in [9.17, 15) is 0 Å². The number of aryl methyl sites for hydroxylation is 1. The molecule has 0 fully saturated rings. The topological polar surface area (TPSA) is 77.8 Å². The molecule has 6 heteroatoms. The molecule has 0 atom stereocenters. The van der Waals surface area contributed by atoms with Crippen molar-refractivity contribution in [3.63, 3.8) is 0 Å². The summed E-state index contributed by atoms with van der Waals surface area (Å²) in [6.07, 6.45) is 3.91. The van der Waals surface area contributed by atoms with Crippen molar-refractivity contribution in [1.29, 1.82) is 0 Å². The van der Waals surface area contributed by atoms with Gasteiger partial charge in [-0.25, -0.2) is 4.57 Å². The molecule has 0 aliphatic carbocycles. The van der Waals surface area contributed by atoms with Crippen molar-refractivity contribution in [3.05, 3.63) is 29.8 Å². The third-order valence-electron chi connectivity index (χ3n) is 2.06. The molecule has 1 aromatic carbocycles. The Morgan fingerprint density at radius 3 is 2.19 bits per heavy atom. The van der Waals surface area contributed by atoms with Crippen LogP contribution in [0.1, 0.15) is 25.3 Å². The largest absolute Gasteiger partial charge is 0.466 e. The average Bonchev–Trinajstić information content (AvgIpc) is 2.14. The van der Waals surface area contributed by atoms with Gasteiger partial charge in [-0.1, -0.05) is 0 Å². The Morgan fingerprint density at radius 2 is 1.75 bits per heavy atom. The molecule has 0 saturated heterocycles. The second kappa shape index (κ2) is 8.43. The fraction of sp³-hybridized carbons (Fsp3) is 0.400. The first kappa shape index (κ1) is 16.3. The van der Waals surface area contributed by atoms with Gasteiger partial charge in [-0.2, -0.15) is 0 Å². The molecule has 0 aromatic heterocycles. The minimum atomic E-state index is -4.64. The van der Waals surface area contributed by atoms with Crippen LogP contribution in [0.3, 0.4) is 0 Å². The zero-order chi connectivity index (χ0) is 12.6. The van der Waals surface area contributed by atoms with E-state index in [2.05, 4.69) is 31.2 Å². The zero-order valence-electron chi connectivity index (χ0n) is 9.63. The minimum Gasteiger partial charge on any atom is -0.303 e. The van der Waals surface area contributed by atoms with Crippen LogP contribution in [0.2, 0.25) is 0 Å². The van der Waals surface area contributed by atoms with Crippen LogP contribution in [0.5, 0.6) is 0 Å². The molecule has 0 unspecified atom stereocenters. The van der Waals surface area contributed by atoms with Crippen LogP contribution in [-0.4, -0.2) is 42.6 Å². The van der Waals surface area contributed by atoms with Gasteiger partial charge in [0.25, 0.3) is 0 Å². The molecule has 1 rings (SSSR count). The van der Waals surface area contributed by atoms with Gasteiger partial charge in [-0.15, -0.1) is 0 Å². The molecule has 3 N–H and O–H groups in total. The fourth-order valence-electron chi connectivity index (χ4n) is 1.26. The van der Waals surface area contributed by atoms with Gasteiger partial charge in [-0.3, -0.25) is 0 Å². The quantitative estimate of drug-likeness (QED) is 0.553. The van der Waals surface area contributed by atoms with Crippen molar-refractivity contribution >= 4 is 38.6 Å². The summed E-state index contributed by atoms with van der Waals surface area (Å²) in [6, 6.07) is 8.79. The maximum absolute atomic E-state index is 8.88. The molecule has 1 aromatic rings. The predicted octanol–water partition coefficient (Wildman–Crippen LogP) is 0.894. The summed E-state index contributed by atoms with van der Waals surface area (Å²) in [6.45, 7) is 2.25. The van der Waals surface area contributed by atoms with Crippen LogP contribution in [0.25, 0.3) is 0 Å². The number of unbranched alkanes of at least 4 members (excludes halogenated alkanes) is 1. The maximum atomic E-state index is 8.88. The second-order valence-corrected chi connectivity index (χ2v) is 5.65.